The second-order valence-electron chi connectivity index (χ2n) is 13.8. The highest BCUT2D eigenvalue weighted by Gasteiger charge is 2.30. The molecule has 2 aliphatic rings. The minimum absolute atomic E-state index is 0.0131. The van der Waals surface area contributed by atoms with Crippen LogP contribution in [0, 0.1) is 29.6 Å². The number of hydrogen-bond acceptors (Lipinski definition) is 3. The maximum absolute atomic E-state index is 9.23. The van der Waals surface area contributed by atoms with E-state index < -0.39 is 0 Å². The monoisotopic (exact) mass is 592 g/mol. The number of aliphatic hydroxyl groups excluding tert-OH is 3. The van der Waals surface area contributed by atoms with Gasteiger partial charge in [0.2, 0.25) is 0 Å². The highest BCUT2D eigenvalue weighted by atomic mass is 16.3. The normalized spacial score (nSPS) is 22.3. The Morgan fingerprint density at radius 1 is 0.651 bits per heavy atom. The van der Waals surface area contributed by atoms with Crippen LogP contribution in [0.25, 0.3) is 11.1 Å². The molecule has 0 saturated heterocycles. The first kappa shape index (κ1) is 35.8. The van der Waals surface area contributed by atoms with Gasteiger partial charge in [0.25, 0.3) is 0 Å². The fourth-order valence-electron chi connectivity index (χ4n) is 7.60. The summed E-state index contributed by atoms with van der Waals surface area (Å²) in [6, 6.07) is 15.6. The molecule has 4 rings (SSSR count). The van der Waals surface area contributed by atoms with E-state index in [0.29, 0.717) is 12.5 Å². The molecule has 0 aromatic heterocycles. The third-order valence-electron chi connectivity index (χ3n) is 10.6. The SMILES string of the molecule is CCCCCC1CCC(C2CCC(CO)CC2)CC1.CCCc1ccc(-c2ccc(CCC(CO)CO)cc2CC)cc1. The van der Waals surface area contributed by atoms with Gasteiger partial charge < -0.3 is 15.3 Å². The van der Waals surface area contributed by atoms with Crippen LogP contribution in [-0.2, 0) is 19.3 Å². The van der Waals surface area contributed by atoms with Crippen molar-refractivity contribution in [1.29, 1.82) is 0 Å². The Labute approximate surface area is 264 Å². The van der Waals surface area contributed by atoms with E-state index in [9.17, 15) is 15.3 Å². The third-order valence-corrected chi connectivity index (χ3v) is 10.6. The van der Waals surface area contributed by atoms with Gasteiger partial charge in [0.15, 0.2) is 0 Å². The molecule has 0 atom stereocenters. The number of benzene rings is 2. The van der Waals surface area contributed by atoms with Crippen LogP contribution < -0.4 is 0 Å². The first-order chi connectivity index (χ1) is 21.0. The van der Waals surface area contributed by atoms with E-state index in [2.05, 4.69) is 63.2 Å². The van der Waals surface area contributed by atoms with E-state index in [1.165, 1.54) is 111 Å². The van der Waals surface area contributed by atoms with Crippen LogP contribution in [0.1, 0.15) is 127 Å². The molecule has 0 aliphatic heterocycles. The lowest BCUT2D eigenvalue weighted by Crippen LogP contribution is -2.26. The number of unbranched alkanes of at least 4 members (excludes halogenated alkanes) is 2. The quantitative estimate of drug-likeness (QED) is 0.180. The number of aliphatic hydroxyl groups is 3. The van der Waals surface area contributed by atoms with Crippen LogP contribution >= 0.6 is 0 Å². The van der Waals surface area contributed by atoms with Crippen molar-refractivity contribution in [2.75, 3.05) is 19.8 Å². The second kappa shape index (κ2) is 20.4. The molecule has 0 bridgehead atoms. The zero-order valence-electron chi connectivity index (χ0n) is 27.9. The van der Waals surface area contributed by atoms with Crippen molar-refractivity contribution in [3.8, 4) is 11.1 Å². The van der Waals surface area contributed by atoms with Crippen LogP contribution in [0.4, 0.5) is 0 Å². The number of rotatable bonds is 15. The Kier molecular flexibility index (Phi) is 17.0. The zero-order chi connectivity index (χ0) is 30.9. The van der Waals surface area contributed by atoms with Gasteiger partial charge in [-0.2, -0.15) is 0 Å². The Bertz CT molecular complexity index is 979. The van der Waals surface area contributed by atoms with Crippen molar-refractivity contribution in [2.24, 2.45) is 29.6 Å². The second-order valence-corrected chi connectivity index (χ2v) is 13.8. The summed E-state index contributed by atoms with van der Waals surface area (Å²) in [5.74, 6) is 3.69. The number of hydrogen-bond donors (Lipinski definition) is 3. The van der Waals surface area contributed by atoms with Crippen molar-refractivity contribution < 1.29 is 15.3 Å². The number of aryl methyl sites for hydroxylation is 3. The van der Waals surface area contributed by atoms with Gasteiger partial charge in [-0.3, -0.25) is 0 Å². The fraction of sp³-hybridized carbons (Fsp3) is 0.700. The zero-order valence-corrected chi connectivity index (χ0v) is 27.9. The van der Waals surface area contributed by atoms with Crippen molar-refractivity contribution >= 4 is 0 Å². The van der Waals surface area contributed by atoms with E-state index in [4.69, 9.17) is 0 Å². The van der Waals surface area contributed by atoms with Gasteiger partial charge in [0.05, 0.1) is 0 Å². The molecule has 3 nitrogen and oxygen atoms in total. The summed E-state index contributed by atoms with van der Waals surface area (Å²) >= 11 is 0. The molecule has 2 fully saturated rings. The van der Waals surface area contributed by atoms with Gasteiger partial charge in [-0.25, -0.2) is 0 Å². The topological polar surface area (TPSA) is 60.7 Å². The minimum Gasteiger partial charge on any atom is -0.396 e. The highest BCUT2D eigenvalue weighted by Crippen LogP contribution is 2.42. The summed E-state index contributed by atoms with van der Waals surface area (Å²) in [5.41, 5.74) is 6.63. The first-order valence-corrected chi connectivity index (χ1v) is 18.1. The lowest BCUT2D eigenvalue weighted by Gasteiger charge is -2.37. The first-order valence-electron chi connectivity index (χ1n) is 18.1. The van der Waals surface area contributed by atoms with Crippen molar-refractivity contribution in [1.82, 2.24) is 0 Å². The summed E-state index contributed by atoms with van der Waals surface area (Å²) in [7, 11) is 0. The molecule has 2 saturated carbocycles. The Hall–Kier alpha value is -1.68. The maximum Gasteiger partial charge on any atom is 0.0481 e. The lowest BCUT2D eigenvalue weighted by atomic mass is 9.69. The molecule has 0 amide bonds. The molecular weight excluding hydrogens is 528 g/mol. The van der Waals surface area contributed by atoms with Gasteiger partial charge in [-0.1, -0.05) is 108 Å². The molecule has 0 unspecified atom stereocenters. The van der Waals surface area contributed by atoms with Crippen molar-refractivity contribution in [2.45, 2.75) is 130 Å². The highest BCUT2D eigenvalue weighted by molar-refractivity contribution is 5.68. The van der Waals surface area contributed by atoms with Crippen molar-refractivity contribution in [3.63, 3.8) is 0 Å². The molecule has 0 radical (unpaired) electrons. The molecule has 2 aromatic rings. The molecule has 0 spiro atoms. The average molecular weight is 593 g/mol. The molecular formula is C40H64O3. The molecule has 242 valence electrons. The largest absolute Gasteiger partial charge is 0.396 e. The van der Waals surface area contributed by atoms with E-state index >= 15 is 0 Å². The summed E-state index contributed by atoms with van der Waals surface area (Å²) in [4.78, 5) is 0. The van der Waals surface area contributed by atoms with Crippen LogP contribution in [0.3, 0.4) is 0 Å². The van der Waals surface area contributed by atoms with Crippen LogP contribution in [-0.4, -0.2) is 35.1 Å². The molecule has 3 heteroatoms. The Morgan fingerprint density at radius 3 is 1.79 bits per heavy atom. The van der Waals surface area contributed by atoms with Gasteiger partial charge in [-0.15, -0.1) is 0 Å². The summed E-state index contributed by atoms with van der Waals surface area (Å²) in [5, 5.41) is 27.6. The minimum atomic E-state index is -0.0131. The Morgan fingerprint density at radius 2 is 1.26 bits per heavy atom. The fourth-order valence-corrected chi connectivity index (χ4v) is 7.60. The summed E-state index contributed by atoms with van der Waals surface area (Å²) in [6.45, 7) is 7.24. The summed E-state index contributed by atoms with van der Waals surface area (Å²) in [6.07, 6.45) is 22.2. The molecule has 3 N–H and O–H groups in total. The van der Waals surface area contributed by atoms with E-state index in [1.807, 2.05) is 0 Å². The lowest BCUT2D eigenvalue weighted by molar-refractivity contribution is 0.115. The Balaban J connectivity index is 0.000000242. The molecule has 43 heavy (non-hydrogen) atoms. The van der Waals surface area contributed by atoms with Gasteiger partial charge in [0.1, 0.15) is 0 Å². The van der Waals surface area contributed by atoms with E-state index in [-0.39, 0.29) is 19.1 Å². The molecule has 2 aromatic carbocycles. The van der Waals surface area contributed by atoms with Gasteiger partial charge in [-0.05, 0) is 116 Å². The van der Waals surface area contributed by atoms with Crippen molar-refractivity contribution in [3.05, 3.63) is 59.2 Å². The summed E-state index contributed by atoms with van der Waals surface area (Å²) < 4.78 is 0. The smallest absolute Gasteiger partial charge is 0.0481 e. The van der Waals surface area contributed by atoms with Gasteiger partial charge in [0, 0.05) is 25.7 Å². The van der Waals surface area contributed by atoms with Gasteiger partial charge >= 0.3 is 0 Å². The van der Waals surface area contributed by atoms with E-state index in [1.54, 1.807) is 0 Å². The molecule has 2 aliphatic carbocycles. The molecule has 0 heterocycles. The third kappa shape index (κ3) is 12.0. The van der Waals surface area contributed by atoms with E-state index in [0.717, 1.165) is 43.4 Å². The van der Waals surface area contributed by atoms with Crippen LogP contribution in [0.2, 0.25) is 0 Å². The standard InChI is InChI=1S/C22H30O2.C18H34O/c1-3-5-17-8-11-21(12-9-17)22-13-10-18(14-20(22)4-2)6-7-19(15-23)16-24;1-2-3-4-5-15-6-10-17(11-7-15)18-12-8-16(14-19)9-13-18/h8-14,19,23-24H,3-7,15-16H2,1-2H3;15-19H,2-14H2,1H3. The predicted molar refractivity (Wildman–Crippen MR) is 183 cm³/mol. The van der Waals surface area contributed by atoms with Crippen LogP contribution in [0.5, 0.6) is 0 Å². The van der Waals surface area contributed by atoms with Crippen LogP contribution in [0.15, 0.2) is 42.5 Å². The predicted octanol–water partition coefficient (Wildman–Crippen LogP) is 9.57. The maximum atomic E-state index is 9.23. The average Bonchev–Trinajstić information content (AvgIpc) is 3.06.